The largest absolute Gasteiger partial charge is 0.458 e. The Morgan fingerprint density at radius 2 is 1.53 bits per heavy atom. The first kappa shape index (κ1) is 34.1. The highest BCUT2D eigenvalue weighted by Crippen LogP contribution is 2.67. The molecule has 242 valence electrons. The van der Waals surface area contributed by atoms with Gasteiger partial charge in [-0.25, -0.2) is 0 Å². The molecule has 0 aliphatic heterocycles. The van der Waals surface area contributed by atoms with Gasteiger partial charge >= 0.3 is 5.97 Å². The lowest BCUT2D eigenvalue weighted by Gasteiger charge is -2.59. The van der Waals surface area contributed by atoms with E-state index in [1.807, 2.05) is 13.0 Å². The number of hydrogen-bond acceptors (Lipinski definition) is 6. The van der Waals surface area contributed by atoms with Crippen molar-refractivity contribution < 1.29 is 29.3 Å². The minimum Gasteiger partial charge on any atom is -0.458 e. The molecule has 7 atom stereocenters. The van der Waals surface area contributed by atoms with Crippen molar-refractivity contribution in [3.63, 3.8) is 0 Å². The predicted octanol–water partition coefficient (Wildman–Crippen LogP) is 7.59. The Kier molecular flexibility index (Phi) is 11.9. The predicted molar refractivity (Wildman–Crippen MR) is 169 cm³/mol. The number of carbonyl (C=O) groups is 3. The Labute approximate surface area is 260 Å². The number of rotatable bonds is 17. The van der Waals surface area contributed by atoms with Crippen molar-refractivity contribution in [1.29, 1.82) is 0 Å². The van der Waals surface area contributed by atoms with Crippen LogP contribution in [0.2, 0.25) is 0 Å². The first-order chi connectivity index (χ1) is 20.6. The molecular formula is C37H58O6. The molecular weight excluding hydrogens is 540 g/mol. The number of aliphatic hydroxyl groups excluding tert-OH is 1. The summed E-state index contributed by atoms with van der Waals surface area (Å²) in [6, 6.07) is 0. The van der Waals surface area contributed by atoms with Crippen LogP contribution in [0.5, 0.6) is 0 Å². The fraction of sp³-hybridized carbons (Fsp3) is 0.811. The Morgan fingerprint density at radius 3 is 2.16 bits per heavy atom. The van der Waals surface area contributed by atoms with E-state index in [9.17, 15) is 24.6 Å². The third-order valence-corrected chi connectivity index (χ3v) is 12.0. The molecule has 0 aromatic heterocycles. The van der Waals surface area contributed by atoms with Crippen LogP contribution in [0.1, 0.15) is 143 Å². The Balaban J connectivity index is 1.18. The van der Waals surface area contributed by atoms with Crippen LogP contribution in [0.4, 0.5) is 0 Å². The number of esters is 1. The first-order valence-electron chi connectivity index (χ1n) is 17.6. The maximum absolute atomic E-state index is 13.4. The normalized spacial score (nSPS) is 34.7. The van der Waals surface area contributed by atoms with Crippen molar-refractivity contribution >= 4 is 17.5 Å². The lowest BCUT2D eigenvalue weighted by Crippen LogP contribution is -2.61. The third-order valence-electron chi connectivity index (χ3n) is 12.0. The number of unbranched alkanes of at least 4 members (excludes halogenated alkanes) is 12. The summed E-state index contributed by atoms with van der Waals surface area (Å²) in [5.41, 5.74) is -1.69. The van der Waals surface area contributed by atoms with Crippen LogP contribution in [0, 0.1) is 28.6 Å². The van der Waals surface area contributed by atoms with E-state index in [0.717, 1.165) is 37.7 Å². The van der Waals surface area contributed by atoms with Crippen molar-refractivity contribution in [3.8, 4) is 0 Å². The highest BCUT2D eigenvalue weighted by atomic mass is 16.5. The molecule has 3 saturated carbocycles. The second-order valence-electron chi connectivity index (χ2n) is 14.7. The summed E-state index contributed by atoms with van der Waals surface area (Å²) < 4.78 is 5.38. The van der Waals surface area contributed by atoms with Crippen molar-refractivity contribution in [3.05, 3.63) is 23.8 Å². The topological polar surface area (TPSA) is 101 Å². The third kappa shape index (κ3) is 7.38. The molecule has 3 fully saturated rings. The van der Waals surface area contributed by atoms with E-state index in [-0.39, 0.29) is 34.9 Å². The molecule has 0 aromatic rings. The van der Waals surface area contributed by atoms with Gasteiger partial charge in [-0.05, 0) is 62.5 Å². The van der Waals surface area contributed by atoms with Gasteiger partial charge in [0.15, 0.2) is 12.4 Å². The number of ether oxygens (including phenoxy) is 1. The summed E-state index contributed by atoms with van der Waals surface area (Å²) in [7, 11) is 0. The van der Waals surface area contributed by atoms with E-state index in [0.29, 0.717) is 25.7 Å². The number of Topliss-reactive ketones (excluding diaryl/α,β-unsaturated/α-hetero) is 1. The highest BCUT2D eigenvalue weighted by molar-refractivity contribution is 6.01. The first-order valence-corrected chi connectivity index (χ1v) is 17.6. The second-order valence-corrected chi connectivity index (χ2v) is 14.7. The van der Waals surface area contributed by atoms with Crippen LogP contribution in [0.25, 0.3) is 0 Å². The minimum absolute atomic E-state index is 0.00512. The summed E-state index contributed by atoms with van der Waals surface area (Å²) in [6.07, 6.45) is 24.0. The van der Waals surface area contributed by atoms with Crippen molar-refractivity contribution in [2.75, 3.05) is 6.61 Å². The van der Waals surface area contributed by atoms with Gasteiger partial charge in [0.25, 0.3) is 0 Å². The SMILES string of the molecule is CCCCCCCCCCCCCCCC(=O)OCC(=O)[C@@]1(O)CC[C@H]2[C@@H]3CCC4=CC(=O)C=C[C@]4(C)[C@H]3C(O)C[C@@]21C. The molecule has 43 heavy (non-hydrogen) atoms. The van der Waals surface area contributed by atoms with Crippen LogP contribution < -0.4 is 0 Å². The molecule has 0 saturated heterocycles. The standard InChI is InChI=1S/C37H58O6/c1-4-5-6-7-8-9-10-11-12-13-14-15-16-17-33(41)43-26-32(40)37(42)23-21-30-29-19-18-27-24-28(38)20-22-35(27,2)34(29)31(39)25-36(30,37)3/h20,22,24,29-31,34,39,42H,4-19,21,23,25-26H2,1-3H3/t29-,30-,31?,34+,35-,36-,37-/m0/s1. The number of ketones is 2. The molecule has 0 radical (unpaired) electrons. The van der Waals surface area contributed by atoms with Gasteiger partial charge < -0.3 is 14.9 Å². The molecule has 0 spiro atoms. The van der Waals surface area contributed by atoms with Gasteiger partial charge in [-0.3, -0.25) is 14.4 Å². The van der Waals surface area contributed by atoms with Crippen LogP contribution in [-0.2, 0) is 19.1 Å². The second kappa shape index (κ2) is 15.0. The monoisotopic (exact) mass is 598 g/mol. The fourth-order valence-electron chi connectivity index (χ4n) is 9.41. The van der Waals surface area contributed by atoms with Crippen molar-refractivity contribution in [1.82, 2.24) is 0 Å². The van der Waals surface area contributed by atoms with Crippen LogP contribution >= 0.6 is 0 Å². The minimum atomic E-state index is -1.62. The quantitative estimate of drug-likeness (QED) is 0.132. The zero-order chi connectivity index (χ0) is 31.1. The van der Waals surface area contributed by atoms with E-state index in [1.54, 1.807) is 12.2 Å². The molecule has 0 aromatic carbocycles. The van der Waals surface area contributed by atoms with E-state index in [2.05, 4.69) is 13.8 Å². The van der Waals surface area contributed by atoms with Crippen LogP contribution in [0.15, 0.2) is 23.8 Å². The summed E-state index contributed by atoms with van der Waals surface area (Å²) in [6.45, 7) is 5.91. The molecule has 0 heterocycles. The maximum atomic E-state index is 13.4. The highest BCUT2D eigenvalue weighted by Gasteiger charge is 2.68. The molecule has 0 bridgehead atoms. The van der Waals surface area contributed by atoms with Gasteiger partial charge in [0, 0.05) is 23.2 Å². The number of allylic oxidation sites excluding steroid dienone is 4. The summed E-state index contributed by atoms with van der Waals surface area (Å²) in [4.78, 5) is 37.9. The number of fused-ring (bicyclic) bond motifs is 5. The van der Waals surface area contributed by atoms with E-state index < -0.39 is 29.5 Å². The van der Waals surface area contributed by atoms with Gasteiger partial charge in [0.1, 0.15) is 5.60 Å². The van der Waals surface area contributed by atoms with Gasteiger partial charge in [0.05, 0.1) is 6.10 Å². The summed E-state index contributed by atoms with van der Waals surface area (Å²) >= 11 is 0. The van der Waals surface area contributed by atoms with Crippen molar-refractivity contribution in [2.45, 2.75) is 154 Å². The molecule has 0 amide bonds. The maximum Gasteiger partial charge on any atom is 0.306 e. The molecule has 6 heteroatoms. The molecule has 1 unspecified atom stereocenters. The molecule has 6 nitrogen and oxygen atoms in total. The fourth-order valence-corrected chi connectivity index (χ4v) is 9.41. The van der Waals surface area contributed by atoms with E-state index >= 15 is 0 Å². The van der Waals surface area contributed by atoms with Gasteiger partial charge in [-0.1, -0.05) is 109 Å². The average Bonchev–Trinajstić information content (AvgIpc) is 3.25. The number of carbonyl (C=O) groups excluding carboxylic acids is 3. The average molecular weight is 599 g/mol. The van der Waals surface area contributed by atoms with Crippen molar-refractivity contribution in [2.24, 2.45) is 28.6 Å². The Morgan fingerprint density at radius 1 is 0.930 bits per heavy atom. The van der Waals surface area contributed by atoms with E-state index in [1.165, 1.54) is 64.2 Å². The molecule has 4 rings (SSSR count). The zero-order valence-corrected chi connectivity index (χ0v) is 27.2. The summed E-state index contributed by atoms with van der Waals surface area (Å²) in [5, 5.41) is 23.4. The molecule has 2 N–H and O–H groups in total. The smallest absolute Gasteiger partial charge is 0.306 e. The summed E-state index contributed by atoms with van der Waals surface area (Å²) in [5.74, 6) is -0.625. The zero-order valence-electron chi connectivity index (χ0n) is 27.2. The van der Waals surface area contributed by atoms with Crippen LogP contribution in [-0.4, -0.2) is 46.1 Å². The van der Waals surface area contributed by atoms with Gasteiger partial charge in [0.2, 0.25) is 5.78 Å². The molecule has 4 aliphatic carbocycles. The Bertz CT molecular complexity index is 1050. The lowest BCUT2D eigenvalue weighted by atomic mass is 9.46. The van der Waals surface area contributed by atoms with Crippen LogP contribution in [0.3, 0.4) is 0 Å². The number of hydrogen-bond donors (Lipinski definition) is 2. The van der Waals surface area contributed by atoms with Gasteiger partial charge in [-0.2, -0.15) is 0 Å². The van der Waals surface area contributed by atoms with Gasteiger partial charge in [-0.15, -0.1) is 0 Å². The number of aliphatic hydroxyl groups is 2. The molecule has 4 aliphatic rings. The Hall–Kier alpha value is -1.79. The van der Waals surface area contributed by atoms with E-state index in [4.69, 9.17) is 4.74 Å². The lowest BCUT2D eigenvalue weighted by molar-refractivity contribution is -0.181.